The number of hydrogen-bond acceptors (Lipinski definition) is 1. The normalized spacial score (nSPS) is 22.2. The van der Waals surface area contributed by atoms with Gasteiger partial charge in [-0.1, -0.05) is 33.1 Å². The summed E-state index contributed by atoms with van der Waals surface area (Å²) in [6, 6.07) is 0. The van der Waals surface area contributed by atoms with E-state index in [1.807, 2.05) is 0 Å². The number of aliphatic imine (C=N–C) groups is 1. The van der Waals surface area contributed by atoms with E-state index in [2.05, 4.69) is 18.8 Å². The number of amidine groups is 1. The van der Waals surface area contributed by atoms with Crippen molar-refractivity contribution in [3.63, 3.8) is 0 Å². The Hall–Kier alpha value is -0.530. The maximum Gasteiger partial charge on any atom is 0.0968 e. The largest absolute Gasteiger partial charge is 0.387 e. The molecule has 1 aliphatic carbocycles. The Morgan fingerprint density at radius 2 is 2.08 bits per heavy atom. The minimum Gasteiger partial charge on any atom is -0.387 e. The molecule has 0 aromatic carbocycles. The summed E-state index contributed by atoms with van der Waals surface area (Å²) < 4.78 is 0. The zero-order valence-corrected chi connectivity index (χ0v) is 8.92. The average molecular weight is 182 g/mol. The first-order chi connectivity index (χ1) is 6.24. The van der Waals surface area contributed by atoms with Crippen LogP contribution in [0.4, 0.5) is 0 Å². The minimum absolute atomic E-state index is 0.601. The SMILES string of the molecule is CCC(C)CN=C(N)C1CCCC1. The Labute approximate surface area is 81.6 Å². The third kappa shape index (κ3) is 3.37. The zero-order chi connectivity index (χ0) is 9.68. The maximum absolute atomic E-state index is 5.93. The lowest BCUT2D eigenvalue weighted by Gasteiger charge is -2.10. The van der Waals surface area contributed by atoms with E-state index in [0.717, 1.165) is 12.4 Å². The molecular formula is C11H22N2. The van der Waals surface area contributed by atoms with E-state index in [1.165, 1.54) is 32.1 Å². The van der Waals surface area contributed by atoms with Gasteiger partial charge in [0.05, 0.1) is 5.84 Å². The van der Waals surface area contributed by atoms with Crippen LogP contribution in [0.15, 0.2) is 4.99 Å². The quantitative estimate of drug-likeness (QED) is 0.526. The number of nitrogens with two attached hydrogens (primary N) is 1. The Kier molecular flexibility index (Phi) is 4.26. The van der Waals surface area contributed by atoms with E-state index >= 15 is 0 Å². The molecule has 1 aliphatic rings. The number of nitrogens with zero attached hydrogens (tertiary/aromatic N) is 1. The lowest BCUT2D eigenvalue weighted by atomic mass is 10.1. The summed E-state index contributed by atoms with van der Waals surface area (Å²) in [5, 5.41) is 0. The predicted molar refractivity (Wildman–Crippen MR) is 57.9 cm³/mol. The zero-order valence-electron chi connectivity index (χ0n) is 8.92. The van der Waals surface area contributed by atoms with Gasteiger partial charge in [0.25, 0.3) is 0 Å². The molecule has 2 heteroatoms. The molecule has 0 aliphatic heterocycles. The highest BCUT2D eigenvalue weighted by molar-refractivity contribution is 5.83. The molecule has 0 aromatic rings. The standard InChI is InChI=1S/C11H22N2/c1-3-9(2)8-13-11(12)10-6-4-5-7-10/h9-10H,3-8H2,1-2H3,(H2,12,13). The van der Waals surface area contributed by atoms with E-state index in [-0.39, 0.29) is 0 Å². The van der Waals surface area contributed by atoms with Crippen molar-refractivity contribution in [1.82, 2.24) is 0 Å². The molecule has 76 valence electrons. The molecule has 0 saturated heterocycles. The van der Waals surface area contributed by atoms with Crippen molar-refractivity contribution >= 4 is 5.84 Å². The lowest BCUT2D eigenvalue weighted by Crippen LogP contribution is -2.22. The van der Waals surface area contributed by atoms with Gasteiger partial charge in [-0.15, -0.1) is 0 Å². The topological polar surface area (TPSA) is 38.4 Å². The van der Waals surface area contributed by atoms with Gasteiger partial charge in [0.2, 0.25) is 0 Å². The van der Waals surface area contributed by atoms with Crippen molar-refractivity contribution in [1.29, 1.82) is 0 Å². The fourth-order valence-corrected chi connectivity index (χ4v) is 1.74. The van der Waals surface area contributed by atoms with Gasteiger partial charge in [0.15, 0.2) is 0 Å². The van der Waals surface area contributed by atoms with Crippen LogP contribution in [0.1, 0.15) is 46.0 Å². The monoisotopic (exact) mass is 182 g/mol. The predicted octanol–water partition coefficient (Wildman–Crippen LogP) is 2.58. The van der Waals surface area contributed by atoms with Crippen LogP contribution in [0.3, 0.4) is 0 Å². The number of rotatable bonds is 4. The summed E-state index contributed by atoms with van der Waals surface area (Å²) in [5.41, 5.74) is 5.93. The molecule has 0 bridgehead atoms. The fraction of sp³-hybridized carbons (Fsp3) is 0.909. The second-order valence-corrected chi connectivity index (χ2v) is 4.26. The summed E-state index contributed by atoms with van der Waals surface area (Å²) in [6.45, 7) is 5.34. The van der Waals surface area contributed by atoms with Gasteiger partial charge in [0.1, 0.15) is 0 Å². The second kappa shape index (κ2) is 5.25. The van der Waals surface area contributed by atoms with Crippen molar-refractivity contribution in [2.24, 2.45) is 22.6 Å². The van der Waals surface area contributed by atoms with Crippen molar-refractivity contribution in [3.05, 3.63) is 0 Å². The Morgan fingerprint density at radius 1 is 1.46 bits per heavy atom. The molecule has 0 aromatic heterocycles. The Bertz CT molecular complexity index is 169. The first-order valence-electron chi connectivity index (χ1n) is 5.53. The minimum atomic E-state index is 0.601. The first-order valence-corrected chi connectivity index (χ1v) is 5.53. The van der Waals surface area contributed by atoms with Crippen molar-refractivity contribution < 1.29 is 0 Å². The van der Waals surface area contributed by atoms with Gasteiger partial charge in [-0.25, -0.2) is 0 Å². The van der Waals surface area contributed by atoms with E-state index in [4.69, 9.17) is 5.73 Å². The molecule has 0 spiro atoms. The van der Waals surface area contributed by atoms with Crippen LogP contribution in [0.25, 0.3) is 0 Å². The van der Waals surface area contributed by atoms with E-state index in [1.54, 1.807) is 0 Å². The highest BCUT2D eigenvalue weighted by atomic mass is 14.9. The Morgan fingerprint density at radius 3 is 2.62 bits per heavy atom. The highest BCUT2D eigenvalue weighted by Crippen LogP contribution is 2.24. The van der Waals surface area contributed by atoms with Gasteiger partial charge in [0, 0.05) is 12.5 Å². The van der Waals surface area contributed by atoms with Crippen molar-refractivity contribution in [2.75, 3.05) is 6.54 Å². The van der Waals surface area contributed by atoms with Crippen LogP contribution in [0.5, 0.6) is 0 Å². The molecule has 1 fully saturated rings. The molecule has 0 radical (unpaired) electrons. The summed E-state index contributed by atoms with van der Waals surface area (Å²) in [5.74, 6) is 2.20. The average Bonchev–Trinajstić information content (AvgIpc) is 2.66. The molecule has 13 heavy (non-hydrogen) atoms. The van der Waals surface area contributed by atoms with Crippen LogP contribution in [-0.2, 0) is 0 Å². The van der Waals surface area contributed by atoms with Crippen LogP contribution in [0, 0.1) is 11.8 Å². The van der Waals surface area contributed by atoms with Crippen LogP contribution in [-0.4, -0.2) is 12.4 Å². The highest BCUT2D eigenvalue weighted by Gasteiger charge is 2.18. The molecule has 0 amide bonds. The summed E-state index contributed by atoms with van der Waals surface area (Å²) in [6.07, 6.45) is 6.39. The molecule has 2 nitrogen and oxygen atoms in total. The van der Waals surface area contributed by atoms with E-state index in [0.29, 0.717) is 11.8 Å². The van der Waals surface area contributed by atoms with Crippen LogP contribution >= 0.6 is 0 Å². The molecule has 0 heterocycles. The van der Waals surface area contributed by atoms with Gasteiger partial charge in [-0.05, 0) is 18.8 Å². The summed E-state index contributed by atoms with van der Waals surface area (Å²) >= 11 is 0. The fourth-order valence-electron chi connectivity index (χ4n) is 1.74. The van der Waals surface area contributed by atoms with Crippen molar-refractivity contribution in [3.8, 4) is 0 Å². The summed E-state index contributed by atoms with van der Waals surface area (Å²) in [4.78, 5) is 4.47. The first kappa shape index (κ1) is 10.6. The lowest BCUT2D eigenvalue weighted by molar-refractivity contribution is 0.572. The molecule has 2 N–H and O–H groups in total. The summed E-state index contributed by atoms with van der Waals surface area (Å²) in [7, 11) is 0. The molecule has 1 unspecified atom stereocenters. The van der Waals surface area contributed by atoms with Gasteiger partial charge >= 0.3 is 0 Å². The maximum atomic E-state index is 5.93. The third-order valence-corrected chi connectivity index (χ3v) is 3.06. The molecule has 1 saturated carbocycles. The van der Waals surface area contributed by atoms with Crippen molar-refractivity contribution in [2.45, 2.75) is 46.0 Å². The van der Waals surface area contributed by atoms with Crippen LogP contribution in [0.2, 0.25) is 0 Å². The van der Waals surface area contributed by atoms with Gasteiger partial charge < -0.3 is 5.73 Å². The molecule has 1 rings (SSSR count). The van der Waals surface area contributed by atoms with Gasteiger partial charge in [-0.2, -0.15) is 0 Å². The second-order valence-electron chi connectivity index (χ2n) is 4.26. The smallest absolute Gasteiger partial charge is 0.0968 e. The van der Waals surface area contributed by atoms with Gasteiger partial charge in [-0.3, -0.25) is 4.99 Å². The Balaban J connectivity index is 2.32. The number of hydrogen-bond donors (Lipinski definition) is 1. The van der Waals surface area contributed by atoms with E-state index in [9.17, 15) is 0 Å². The molecule has 1 atom stereocenters. The van der Waals surface area contributed by atoms with E-state index < -0.39 is 0 Å². The third-order valence-electron chi connectivity index (χ3n) is 3.06. The molecular weight excluding hydrogens is 160 g/mol. The van der Waals surface area contributed by atoms with Crippen LogP contribution < -0.4 is 5.73 Å².